The van der Waals surface area contributed by atoms with Crippen LogP contribution in [0.4, 0.5) is 0 Å². The maximum atomic E-state index is 12.3. The molecule has 2 aliphatic heterocycles. The van der Waals surface area contributed by atoms with Crippen molar-refractivity contribution in [1.29, 1.82) is 0 Å². The molecule has 3 rings (SSSR count). The van der Waals surface area contributed by atoms with Gasteiger partial charge in [-0.3, -0.25) is 14.5 Å². The monoisotopic (exact) mass is 261 g/mol. The number of hydrazone groups is 1. The molecule has 0 bridgehead atoms. The molecule has 0 spiro atoms. The first kappa shape index (κ1) is 11.3. The van der Waals surface area contributed by atoms with Gasteiger partial charge in [-0.25, -0.2) is 5.01 Å². The summed E-state index contributed by atoms with van der Waals surface area (Å²) in [5.74, 6) is 0.0514. The minimum Gasteiger partial charge on any atom is -0.287 e. The van der Waals surface area contributed by atoms with E-state index in [4.69, 9.17) is 0 Å². The zero-order chi connectivity index (χ0) is 12.5. The van der Waals surface area contributed by atoms with Gasteiger partial charge in [-0.05, 0) is 5.56 Å². The molecule has 1 unspecified atom stereocenters. The summed E-state index contributed by atoms with van der Waals surface area (Å²) < 4.78 is 0. The fraction of sp³-hybridized carbons (Fsp3) is 0.250. The van der Waals surface area contributed by atoms with Crippen molar-refractivity contribution in [2.45, 2.75) is 5.25 Å². The number of rotatable bonds is 2. The first-order valence-electron chi connectivity index (χ1n) is 5.63. The zero-order valence-corrected chi connectivity index (χ0v) is 10.3. The molecule has 0 N–H and O–H groups in total. The lowest BCUT2D eigenvalue weighted by Crippen LogP contribution is -2.41. The van der Waals surface area contributed by atoms with Crippen LogP contribution in [0.15, 0.2) is 35.4 Å². The van der Waals surface area contributed by atoms with Gasteiger partial charge in [-0.2, -0.15) is 0 Å². The highest BCUT2D eigenvalue weighted by Gasteiger charge is 2.40. The van der Waals surface area contributed by atoms with E-state index in [1.54, 1.807) is 4.90 Å². The van der Waals surface area contributed by atoms with Crippen molar-refractivity contribution in [3.8, 4) is 0 Å². The van der Waals surface area contributed by atoms with Gasteiger partial charge in [0, 0.05) is 6.54 Å². The Hall–Kier alpha value is -1.82. The average Bonchev–Trinajstić information content (AvgIpc) is 2.76. The maximum Gasteiger partial charge on any atom is 0.246 e. The Morgan fingerprint density at radius 2 is 2.06 bits per heavy atom. The minimum atomic E-state index is -0.239. The predicted octanol–water partition coefficient (Wildman–Crippen LogP) is 1.05. The molecule has 18 heavy (non-hydrogen) atoms. The van der Waals surface area contributed by atoms with Crippen LogP contribution in [0.5, 0.6) is 0 Å². The van der Waals surface area contributed by atoms with Gasteiger partial charge in [0.05, 0.1) is 6.54 Å². The van der Waals surface area contributed by atoms with E-state index in [9.17, 15) is 9.59 Å². The van der Waals surface area contributed by atoms with Crippen molar-refractivity contribution >= 4 is 29.2 Å². The number of amidine groups is 1. The Balaban J connectivity index is 1.90. The molecule has 2 aliphatic rings. The van der Waals surface area contributed by atoms with Gasteiger partial charge >= 0.3 is 0 Å². The largest absolute Gasteiger partial charge is 0.287 e. The van der Waals surface area contributed by atoms with Crippen molar-refractivity contribution < 1.29 is 9.59 Å². The molecule has 2 amide bonds. The maximum absolute atomic E-state index is 12.3. The normalized spacial score (nSPS) is 22.8. The summed E-state index contributed by atoms with van der Waals surface area (Å²) in [7, 11) is 0. The van der Waals surface area contributed by atoms with Crippen molar-refractivity contribution in [3.63, 3.8) is 0 Å². The Bertz CT molecular complexity index is 517. The summed E-state index contributed by atoms with van der Waals surface area (Å²) >= 11 is 1.40. The second-order valence-corrected chi connectivity index (χ2v) is 5.12. The third-order valence-electron chi connectivity index (χ3n) is 2.94. The molecule has 1 aromatic rings. The number of carbonyl (C=O) groups is 2. The first-order chi connectivity index (χ1) is 8.79. The lowest BCUT2D eigenvalue weighted by atomic mass is 10.1. The van der Waals surface area contributed by atoms with Crippen LogP contribution < -0.4 is 0 Å². The van der Waals surface area contributed by atoms with E-state index >= 15 is 0 Å². The van der Waals surface area contributed by atoms with Crippen LogP contribution >= 0.6 is 11.8 Å². The summed E-state index contributed by atoms with van der Waals surface area (Å²) in [5.41, 5.74) is 0.974. The van der Waals surface area contributed by atoms with Crippen molar-refractivity contribution in [2.24, 2.45) is 5.10 Å². The molecular weight excluding hydrogens is 250 g/mol. The highest BCUT2D eigenvalue weighted by Crippen LogP contribution is 2.40. The Morgan fingerprint density at radius 3 is 2.78 bits per heavy atom. The van der Waals surface area contributed by atoms with E-state index in [1.165, 1.54) is 16.8 Å². The lowest BCUT2D eigenvalue weighted by Gasteiger charge is -2.24. The van der Waals surface area contributed by atoms with Crippen molar-refractivity contribution in [3.05, 3.63) is 35.9 Å². The first-order valence-corrected chi connectivity index (χ1v) is 6.51. The number of benzene rings is 1. The standard InChI is InChI=1S/C12H11N3O2S/c16-8-14-6-7-15-11(17)10(18-12(15)13-14)9-4-2-1-3-5-9/h1-5,8,10H,6-7H2. The summed E-state index contributed by atoms with van der Waals surface area (Å²) in [5, 5.41) is 5.85. The van der Waals surface area contributed by atoms with Gasteiger partial charge in [0.2, 0.25) is 12.3 Å². The molecule has 1 aromatic carbocycles. The van der Waals surface area contributed by atoms with Gasteiger partial charge < -0.3 is 0 Å². The van der Waals surface area contributed by atoms with Crippen LogP contribution in [0.2, 0.25) is 0 Å². The summed E-state index contributed by atoms with van der Waals surface area (Å²) in [6.45, 7) is 0.980. The van der Waals surface area contributed by atoms with Gasteiger partial charge in [-0.1, -0.05) is 42.1 Å². The minimum absolute atomic E-state index is 0.0514. The number of hydrogen-bond acceptors (Lipinski definition) is 4. The molecule has 1 atom stereocenters. The van der Waals surface area contributed by atoms with Gasteiger partial charge in [0.15, 0.2) is 5.17 Å². The topological polar surface area (TPSA) is 53.0 Å². The third kappa shape index (κ3) is 1.78. The van der Waals surface area contributed by atoms with E-state index in [2.05, 4.69) is 5.10 Å². The summed E-state index contributed by atoms with van der Waals surface area (Å²) in [4.78, 5) is 24.6. The lowest BCUT2D eigenvalue weighted by molar-refractivity contribution is -0.128. The van der Waals surface area contributed by atoms with Crippen LogP contribution in [0.3, 0.4) is 0 Å². The quantitative estimate of drug-likeness (QED) is 0.748. The number of hydrogen-bond donors (Lipinski definition) is 0. The van der Waals surface area contributed by atoms with Crippen molar-refractivity contribution in [1.82, 2.24) is 9.91 Å². The van der Waals surface area contributed by atoms with Crippen LogP contribution in [0.1, 0.15) is 10.8 Å². The van der Waals surface area contributed by atoms with Crippen molar-refractivity contribution in [2.75, 3.05) is 13.1 Å². The molecule has 1 fully saturated rings. The smallest absolute Gasteiger partial charge is 0.246 e. The molecule has 6 heteroatoms. The highest BCUT2D eigenvalue weighted by molar-refractivity contribution is 8.15. The molecule has 0 radical (unpaired) electrons. The van der Waals surface area contributed by atoms with Gasteiger partial charge in [0.1, 0.15) is 5.25 Å². The Labute approximate surface area is 108 Å². The van der Waals surface area contributed by atoms with Gasteiger partial charge in [0.25, 0.3) is 0 Å². The summed E-state index contributed by atoms with van der Waals surface area (Å²) in [6.07, 6.45) is 0.686. The molecule has 92 valence electrons. The molecule has 0 aromatic heterocycles. The van der Waals surface area contributed by atoms with Crippen LogP contribution in [0.25, 0.3) is 0 Å². The molecule has 5 nitrogen and oxygen atoms in total. The third-order valence-corrected chi connectivity index (χ3v) is 4.16. The molecule has 1 saturated heterocycles. The second kappa shape index (κ2) is 4.45. The van der Waals surface area contributed by atoms with E-state index in [-0.39, 0.29) is 11.2 Å². The van der Waals surface area contributed by atoms with E-state index < -0.39 is 0 Å². The molecule has 0 aliphatic carbocycles. The fourth-order valence-electron chi connectivity index (χ4n) is 2.02. The summed E-state index contributed by atoms with van der Waals surface area (Å²) in [6, 6.07) is 9.63. The van der Waals surface area contributed by atoms with Gasteiger partial charge in [-0.15, -0.1) is 5.10 Å². The molecular formula is C12H11N3O2S. The SMILES string of the molecule is O=CN1CCN2C(=O)C(c3ccccc3)SC2=N1. The molecule has 2 heterocycles. The van der Waals surface area contributed by atoms with E-state index in [0.29, 0.717) is 24.7 Å². The van der Waals surface area contributed by atoms with Crippen LogP contribution in [0, 0.1) is 0 Å². The van der Waals surface area contributed by atoms with E-state index in [1.807, 2.05) is 30.3 Å². The second-order valence-electron chi connectivity index (χ2n) is 4.05. The fourth-order valence-corrected chi connectivity index (χ4v) is 3.21. The predicted molar refractivity (Wildman–Crippen MR) is 68.7 cm³/mol. The van der Waals surface area contributed by atoms with E-state index in [0.717, 1.165) is 5.56 Å². The number of thioether (sulfide) groups is 1. The average molecular weight is 261 g/mol. The number of carbonyl (C=O) groups excluding carboxylic acids is 2. The highest BCUT2D eigenvalue weighted by atomic mass is 32.2. The number of amides is 2. The Kier molecular flexibility index (Phi) is 2.79. The van der Waals surface area contributed by atoms with Crippen LogP contribution in [-0.2, 0) is 9.59 Å². The van der Waals surface area contributed by atoms with Crippen LogP contribution in [-0.4, -0.2) is 40.5 Å². The number of fused-ring (bicyclic) bond motifs is 1. The Morgan fingerprint density at radius 1 is 1.28 bits per heavy atom. The molecule has 0 saturated carbocycles. The zero-order valence-electron chi connectivity index (χ0n) is 9.52. The number of nitrogens with zero attached hydrogens (tertiary/aromatic N) is 3.